The Hall–Kier alpha value is -4.08. The van der Waals surface area contributed by atoms with Crippen LogP contribution in [0, 0.1) is 0 Å². The number of halogens is 3. The zero-order chi connectivity index (χ0) is 25.3. The van der Waals surface area contributed by atoms with Crippen molar-refractivity contribution in [1.82, 2.24) is 9.88 Å². The molecule has 0 aliphatic carbocycles. The van der Waals surface area contributed by atoms with E-state index in [0.29, 0.717) is 22.6 Å². The second kappa shape index (κ2) is 9.28. The number of nitrogens with one attached hydrogen (secondary N) is 1. The molecule has 2 aromatic carbocycles. The highest BCUT2D eigenvalue weighted by Crippen LogP contribution is 2.45. The van der Waals surface area contributed by atoms with Gasteiger partial charge in [0.1, 0.15) is 0 Å². The van der Waals surface area contributed by atoms with Crippen LogP contribution in [-0.4, -0.2) is 43.0 Å². The van der Waals surface area contributed by atoms with E-state index in [4.69, 9.17) is 9.47 Å². The van der Waals surface area contributed by atoms with Gasteiger partial charge in [-0.1, -0.05) is 6.07 Å². The van der Waals surface area contributed by atoms with E-state index in [-0.39, 0.29) is 17.2 Å². The van der Waals surface area contributed by atoms with Crippen LogP contribution < -0.4 is 14.8 Å². The van der Waals surface area contributed by atoms with E-state index in [1.54, 1.807) is 37.6 Å². The maximum atomic E-state index is 13.6. The van der Waals surface area contributed by atoms with Crippen LogP contribution in [0.5, 0.6) is 11.5 Å². The summed E-state index contributed by atoms with van der Waals surface area (Å²) in [6, 6.07) is 9.99. The molecule has 0 saturated heterocycles. The number of carbonyl (C=O) groups is 2. The molecule has 182 valence electrons. The first-order chi connectivity index (χ1) is 16.7. The van der Waals surface area contributed by atoms with Gasteiger partial charge in [-0.2, -0.15) is 13.2 Å². The number of hydrogen-bond acceptors (Lipinski definition) is 5. The topological polar surface area (TPSA) is 80.8 Å². The van der Waals surface area contributed by atoms with Crippen molar-refractivity contribution in [2.24, 2.45) is 0 Å². The molecule has 2 atom stereocenters. The minimum Gasteiger partial charge on any atom is -0.493 e. The lowest BCUT2D eigenvalue weighted by atomic mass is 9.79. The van der Waals surface area contributed by atoms with Gasteiger partial charge in [0.15, 0.2) is 11.5 Å². The molecule has 2 heterocycles. The molecule has 7 nitrogen and oxygen atoms in total. The molecule has 3 aromatic rings. The number of aromatic nitrogens is 1. The molecule has 1 aliphatic rings. The number of methoxy groups -OCH3 is 2. The fraction of sp³-hybridized carbons (Fsp3) is 0.240. The van der Waals surface area contributed by atoms with Gasteiger partial charge in [-0.25, -0.2) is 0 Å². The fourth-order valence-electron chi connectivity index (χ4n) is 4.26. The lowest BCUT2D eigenvalue weighted by Gasteiger charge is -2.39. The number of likely N-dealkylation sites (N-methyl/N-ethyl adjacent to an activating group) is 1. The maximum absolute atomic E-state index is 13.6. The first-order valence-corrected chi connectivity index (χ1v) is 10.6. The van der Waals surface area contributed by atoms with Gasteiger partial charge in [-0.05, 0) is 53.6 Å². The van der Waals surface area contributed by atoms with Crippen molar-refractivity contribution in [3.8, 4) is 11.5 Å². The lowest BCUT2D eigenvalue weighted by molar-refractivity contribution is -0.137. The number of nitrogens with zero attached hydrogens (tertiary/aromatic N) is 2. The highest BCUT2D eigenvalue weighted by molar-refractivity contribution is 6.04. The van der Waals surface area contributed by atoms with E-state index in [1.807, 2.05) is 0 Å². The Morgan fingerprint density at radius 3 is 2.29 bits per heavy atom. The summed E-state index contributed by atoms with van der Waals surface area (Å²) in [5.74, 6) is -1.09. The Morgan fingerprint density at radius 1 is 1.06 bits per heavy atom. The van der Waals surface area contributed by atoms with Crippen LogP contribution in [0.4, 0.5) is 18.9 Å². The lowest BCUT2D eigenvalue weighted by Crippen LogP contribution is -2.44. The summed E-state index contributed by atoms with van der Waals surface area (Å²) in [5, 5.41) is 2.70. The van der Waals surface area contributed by atoms with Crippen LogP contribution in [0.1, 0.15) is 39.0 Å². The van der Waals surface area contributed by atoms with Crippen LogP contribution in [-0.2, 0) is 11.0 Å². The van der Waals surface area contributed by atoms with E-state index in [2.05, 4.69) is 10.3 Å². The average molecular weight is 485 g/mol. The van der Waals surface area contributed by atoms with Crippen molar-refractivity contribution in [2.45, 2.75) is 18.1 Å². The molecule has 4 rings (SSSR count). The highest BCUT2D eigenvalue weighted by Gasteiger charge is 2.43. The summed E-state index contributed by atoms with van der Waals surface area (Å²) in [6.45, 7) is 0. The molecule has 0 radical (unpaired) electrons. The number of pyridine rings is 1. The van der Waals surface area contributed by atoms with Gasteiger partial charge >= 0.3 is 6.18 Å². The minimum absolute atomic E-state index is 0.189. The fourth-order valence-corrected chi connectivity index (χ4v) is 4.26. The van der Waals surface area contributed by atoms with E-state index in [0.717, 1.165) is 12.1 Å². The van der Waals surface area contributed by atoms with Crippen molar-refractivity contribution < 1.29 is 32.2 Å². The number of hydrogen-bond donors (Lipinski definition) is 1. The predicted molar refractivity (Wildman–Crippen MR) is 121 cm³/mol. The summed E-state index contributed by atoms with van der Waals surface area (Å²) in [7, 11) is 4.46. The third-order valence-electron chi connectivity index (χ3n) is 5.96. The molecule has 1 N–H and O–H groups in total. The Kier molecular flexibility index (Phi) is 6.38. The molecule has 35 heavy (non-hydrogen) atoms. The molecule has 2 amide bonds. The monoisotopic (exact) mass is 485 g/mol. The van der Waals surface area contributed by atoms with Crippen molar-refractivity contribution in [1.29, 1.82) is 0 Å². The molecule has 0 spiro atoms. The summed E-state index contributed by atoms with van der Waals surface area (Å²) in [4.78, 5) is 32.5. The number of ether oxygens (including phenoxy) is 2. The molecular weight excluding hydrogens is 463 g/mol. The largest absolute Gasteiger partial charge is 0.493 e. The van der Waals surface area contributed by atoms with Gasteiger partial charge in [0.25, 0.3) is 5.91 Å². The SMILES string of the molecule is COc1cc2c(cc1OC)[C@H](C(=O)Nc1ccc(C(F)(F)F)cc1)[C@@H](c1cccnc1)N(C)C2=O. The molecule has 0 fully saturated rings. The highest BCUT2D eigenvalue weighted by atomic mass is 19.4. The Labute approximate surface area is 199 Å². The van der Waals surface area contributed by atoms with E-state index in [9.17, 15) is 22.8 Å². The quantitative estimate of drug-likeness (QED) is 0.568. The van der Waals surface area contributed by atoms with Gasteiger partial charge in [0.2, 0.25) is 5.91 Å². The molecule has 0 unspecified atom stereocenters. The van der Waals surface area contributed by atoms with Gasteiger partial charge in [0, 0.05) is 30.7 Å². The van der Waals surface area contributed by atoms with Crippen molar-refractivity contribution in [2.75, 3.05) is 26.6 Å². The summed E-state index contributed by atoms with van der Waals surface area (Å²) in [5.41, 5.74) is 0.654. The van der Waals surface area contributed by atoms with Gasteiger partial charge in [-0.15, -0.1) is 0 Å². The Morgan fingerprint density at radius 2 is 1.71 bits per heavy atom. The number of anilines is 1. The third kappa shape index (κ3) is 4.51. The third-order valence-corrected chi connectivity index (χ3v) is 5.96. The first kappa shape index (κ1) is 24.1. The minimum atomic E-state index is -4.49. The zero-order valence-corrected chi connectivity index (χ0v) is 19.1. The van der Waals surface area contributed by atoms with Gasteiger partial charge in [-0.3, -0.25) is 14.6 Å². The number of fused-ring (bicyclic) bond motifs is 1. The van der Waals surface area contributed by atoms with Crippen LogP contribution >= 0.6 is 0 Å². The first-order valence-electron chi connectivity index (χ1n) is 10.6. The Bertz CT molecular complexity index is 1250. The zero-order valence-electron chi connectivity index (χ0n) is 19.1. The maximum Gasteiger partial charge on any atom is 0.416 e. The molecule has 0 saturated carbocycles. The smallest absolute Gasteiger partial charge is 0.416 e. The average Bonchev–Trinajstić information content (AvgIpc) is 2.85. The molecule has 0 bridgehead atoms. The second-order valence-electron chi connectivity index (χ2n) is 7.98. The van der Waals surface area contributed by atoms with Crippen molar-refractivity contribution in [3.05, 3.63) is 83.2 Å². The molecule has 1 aromatic heterocycles. The predicted octanol–water partition coefficient (Wildman–Crippen LogP) is 4.67. The van der Waals surface area contributed by atoms with Crippen molar-refractivity contribution in [3.63, 3.8) is 0 Å². The second-order valence-corrected chi connectivity index (χ2v) is 7.98. The van der Waals surface area contributed by atoms with Gasteiger partial charge in [0.05, 0.1) is 31.7 Å². The number of amides is 2. The Balaban J connectivity index is 1.81. The van der Waals surface area contributed by atoms with Crippen LogP contribution in [0.2, 0.25) is 0 Å². The van der Waals surface area contributed by atoms with E-state index in [1.165, 1.54) is 37.3 Å². The summed E-state index contributed by atoms with van der Waals surface area (Å²) >= 11 is 0. The number of carbonyl (C=O) groups excluding carboxylic acids is 2. The van der Waals surface area contributed by atoms with Crippen molar-refractivity contribution >= 4 is 17.5 Å². The molecular formula is C25H22F3N3O4. The number of rotatable bonds is 5. The summed E-state index contributed by atoms with van der Waals surface area (Å²) in [6.07, 6.45) is -1.35. The number of benzene rings is 2. The molecule has 10 heteroatoms. The van der Waals surface area contributed by atoms with Gasteiger partial charge < -0.3 is 19.7 Å². The number of alkyl halides is 3. The summed E-state index contributed by atoms with van der Waals surface area (Å²) < 4.78 is 49.5. The van der Waals surface area contributed by atoms with E-state index < -0.39 is 29.6 Å². The van der Waals surface area contributed by atoms with Crippen LogP contribution in [0.25, 0.3) is 0 Å². The van der Waals surface area contributed by atoms with E-state index >= 15 is 0 Å². The molecule has 1 aliphatic heterocycles. The van der Waals surface area contributed by atoms with Crippen LogP contribution in [0.3, 0.4) is 0 Å². The normalized spacial score (nSPS) is 17.5. The standard InChI is InChI=1S/C25H22F3N3O4/c1-31-22(14-5-4-10-29-13-14)21(17-11-19(34-2)20(35-3)12-18(17)24(31)33)23(32)30-16-8-6-15(7-9-16)25(26,27)28/h4-13,21-22H,1-3H3,(H,30,32)/t21-,22+/m0/s1. The van der Waals surface area contributed by atoms with Crippen LogP contribution in [0.15, 0.2) is 60.9 Å².